The van der Waals surface area contributed by atoms with Crippen LogP contribution in [0.1, 0.15) is 25.3 Å². The Hall–Kier alpha value is -4.33. The second-order valence-electron chi connectivity index (χ2n) is 7.80. The molecule has 3 heterocycles. The van der Waals surface area contributed by atoms with Gasteiger partial charge in [0.2, 0.25) is 0 Å². The van der Waals surface area contributed by atoms with E-state index in [2.05, 4.69) is 10.3 Å². The third-order valence-corrected chi connectivity index (χ3v) is 5.63. The van der Waals surface area contributed by atoms with Gasteiger partial charge in [-0.05, 0) is 43.7 Å². The fourth-order valence-corrected chi connectivity index (χ4v) is 4.20. The van der Waals surface area contributed by atoms with Crippen LogP contribution in [-0.2, 0) is 19.0 Å². The number of allylic oxidation sites excluding steroid dienone is 2. The zero-order chi connectivity index (χ0) is 23.7. The van der Waals surface area contributed by atoms with E-state index < -0.39 is 18.0 Å². The number of dihydropyridines is 1. The highest BCUT2D eigenvalue weighted by atomic mass is 16.7. The maximum atomic E-state index is 12.7. The Morgan fingerprint density at radius 1 is 1.15 bits per heavy atom. The second-order valence-corrected chi connectivity index (χ2v) is 7.80. The molecule has 0 fully saturated rings. The minimum absolute atomic E-state index is 0.125. The van der Waals surface area contributed by atoms with E-state index in [1.807, 2.05) is 54.6 Å². The molecule has 0 aliphatic carbocycles. The van der Waals surface area contributed by atoms with Crippen LogP contribution < -0.4 is 10.1 Å². The molecular weight excluding hydrogens is 436 g/mol. The second kappa shape index (κ2) is 8.90. The molecule has 8 nitrogen and oxygen atoms in total. The summed E-state index contributed by atoms with van der Waals surface area (Å²) in [5, 5.41) is 3.90. The Bertz CT molecular complexity index is 1350. The zero-order valence-corrected chi connectivity index (χ0v) is 18.7. The van der Waals surface area contributed by atoms with Gasteiger partial charge in [0, 0.05) is 5.39 Å². The van der Waals surface area contributed by atoms with E-state index in [9.17, 15) is 9.59 Å². The van der Waals surface area contributed by atoms with Gasteiger partial charge in [0.1, 0.15) is 23.9 Å². The van der Waals surface area contributed by atoms with Crippen LogP contribution in [0.4, 0.5) is 4.79 Å². The normalized spacial score (nSPS) is 17.2. The van der Waals surface area contributed by atoms with Crippen LogP contribution in [-0.4, -0.2) is 30.3 Å². The van der Waals surface area contributed by atoms with Gasteiger partial charge in [-0.2, -0.15) is 0 Å². The third-order valence-electron chi connectivity index (χ3n) is 5.63. The highest BCUT2D eigenvalue weighted by molar-refractivity contribution is 5.97. The fourth-order valence-electron chi connectivity index (χ4n) is 4.20. The molecule has 34 heavy (non-hydrogen) atoms. The molecule has 0 saturated heterocycles. The summed E-state index contributed by atoms with van der Waals surface area (Å²) >= 11 is 0. The van der Waals surface area contributed by atoms with Gasteiger partial charge >= 0.3 is 12.1 Å². The molecule has 0 radical (unpaired) electrons. The van der Waals surface area contributed by atoms with Gasteiger partial charge in [-0.15, -0.1) is 0 Å². The molecule has 1 aromatic heterocycles. The molecule has 0 spiro atoms. The predicted octanol–water partition coefficient (Wildman–Crippen LogP) is 4.93. The number of hydrogen-bond acceptors (Lipinski definition) is 8. The Labute approximate surface area is 195 Å². The molecule has 0 saturated carbocycles. The third kappa shape index (κ3) is 3.94. The average molecular weight is 458 g/mol. The van der Waals surface area contributed by atoms with Crippen LogP contribution >= 0.6 is 0 Å². The first-order valence-corrected chi connectivity index (χ1v) is 10.9. The van der Waals surface area contributed by atoms with Crippen LogP contribution in [0.15, 0.2) is 83.5 Å². The van der Waals surface area contributed by atoms with Crippen LogP contribution in [0.2, 0.25) is 0 Å². The number of pyridine rings is 1. The summed E-state index contributed by atoms with van der Waals surface area (Å²) in [5.74, 6) is 0.337. The molecule has 0 amide bonds. The van der Waals surface area contributed by atoms with E-state index in [1.165, 1.54) is 0 Å². The number of rotatable bonds is 5. The first-order chi connectivity index (χ1) is 16.5. The summed E-state index contributed by atoms with van der Waals surface area (Å²) in [6.45, 7) is 3.76. The number of cyclic esters (lactones) is 1. The number of carbonyl (C=O) groups excluding carboxylic acids is 2. The molecule has 3 aromatic rings. The number of nitrogens with one attached hydrogen (secondary N) is 1. The molecule has 2 aliphatic rings. The Kier molecular flexibility index (Phi) is 5.63. The van der Waals surface area contributed by atoms with Crippen molar-refractivity contribution in [3.63, 3.8) is 0 Å². The van der Waals surface area contributed by atoms with Gasteiger partial charge in [-0.25, -0.2) is 9.59 Å². The lowest BCUT2D eigenvalue weighted by Crippen LogP contribution is -2.28. The fraction of sp³-hybridized carbons (Fsp3) is 0.192. The van der Waals surface area contributed by atoms with Gasteiger partial charge < -0.3 is 24.3 Å². The lowest BCUT2D eigenvalue weighted by molar-refractivity contribution is -0.136. The molecule has 2 aromatic carbocycles. The van der Waals surface area contributed by atoms with Gasteiger partial charge in [-0.3, -0.25) is 4.98 Å². The van der Waals surface area contributed by atoms with Crippen LogP contribution in [0.3, 0.4) is 0 Å². The number of nitrogens with zero attached hydrogens (tertiary/aromatic N) is 1. The molecule has 1 unspecified atom stereocenters. The van der Waals surface area contributed by atoms with Crippen molar-refractivity contribution in [3.8, 4) is 11.5 Å². The highest BCUT2D eigenvalue weighted by Crippen LogP contribution is 2.44. The summed E-state index contributed by atoms with van der Waals surface area (Å²) in [6, 6.07) is 16.9. The number of benzene rings is 2. The molecule has 1 atom stereocenters. The monoisotopic (exact) mass is 458 g/mol. The van der Waals surface area contributed by atoms with Gasteiger partial charge in [0.15, 0.2) is 0 Å². The summed E-state index contributed by atoms with van der Waals surface area (Å²) in [4.78, 5) is 29.6. The van der Waals surface area contributed by atoms with E-state index in [4.69, 9.17) is 18.9 Å². The largest absolute Gasteiger partial charge is 0.513 e. The Balaban J connectivity index is 1.63. The summed E-state index contributed by atoms with van der Waals surface area (Å²) in [6.07, 6.45) is 0.804. The van der Waals surface area contributed by atoms with Crippen molar-refractivity contribution in [1.29, 1.82) is 0 Å². The molecule has 8 heteroatoms. The topological polar surface area (TPSA) is 96.0 Å². The number of esters is 1. The van der Waals surface area contributed by atoms with Crippen molar-refractivity contribution < 1.29 is 28.5 Å². The smallest absolute Gasteiger partial charge is 0.456 e. The first kappa shape index (κ1) is 21.5. The minimum Gasteiger partial charge on any atom is -0.456 e. The van der Waals surface area contributed by atoms with E-state index in [-0.39, 0.29) is 19.0 Å². The van der Waals surface area contributed by atoms with E-state index in [0.717, 1.165) is 10.9 Å². The molecule has 0 bridgehead atoms. The average Bonchev–Trinajstić information content (AvgIpc) is 3.20. The SMILES string of the molecule is CCOC(=O)OC1=C(C)NC2=C(C(=O)OC2)C1c1cccc2ncc(Oc3ccccc3)cc12. The standard InChI is InChI=1S/C26H22N2O6/c1-3-31-26(30)34-24-15(2)28-21-14-32-25(29)23(21)22(24)18-10-7-11-20-19(18)12-17(13-27-20)33-16-8-5-4-6-9-16/h4-13,22,28H,3,14H2,1-2H3. The van der Waals surface area contributed by atoms with Crippen molar-refractivity contribution >= 4 is 23.0 Å². The highest BCUT2D eigenvalue weighted by Gasteiger charge is 2.41. The molecule has 5 rings (SSSR count). The quantitative estimate of drug-likeness (QED) is 0.538. The lowest BCUT2D eigenvalue weighted by atomic mass is 9.83. The molecular formula is C26H22N2O6. The van der Waals surface area contributed by atoms with Crippen molar-refractivity contribution in [2.75, 3.05) is 13.2 Å². The van der Waals surface area contributed by atoms with E-state index in [0.29, 0.717) is 34.0 Å². The predicted molar refractivity (Wildman–Crippen MR) is 123 cm³/mol. The van der Waals surface area contributed by atoms with E-state index >= 15 is 0 Å². The van der Waals surface area contributed by atoms with Gasteiger partial charge in [-0.1, -0.05) is 30.3 Å². The summed E-state index contributed by atoms with van der Waals surface area (Å²) < 4.78 is 21.9. The maximum absolute atomic E-state index is 12.7. The van der Waals surface area contributed by atoms with Crippen molar-refractivity contribution in [2.24, 2.45) is 0 Å². The Morgan fingerprint density at radius 2 is 1.97 bits per heavy atom. The van der Waals surface area contributed by atoms with E-state index in [1.54, 1.807) is 20.0 Å². The number of hydrogen-bond donors (Lipinski definition) is 1. The summed E-state index contributed by atoms with van der Waals surface area (Å²) in [7, 11) is 0. The first-order valence-electron chi connectivity index (χ1n) is 10.9. The zero-order valence-electron chi connectivity index (χ0n) is 18.7. The number of para-hydroxylation sites is 1. The van der Waals surface area contributed by atoms with Gasteiger partial charge in [0.05, 0.1) is 41.2 Å². The van der Waals surface area contributed by atoms with Crippen LogP contribution in [0.5, 0.6) is 11.5 Å². The van der Waals surface area contributed by atoms with Crippen molar-refractivity contribution in [2.45, 2.75) is 19.8 Å². The maximum Gasteiger partial charge on any atom is 0.513 e. The van der Waals surface area contributed by atoms with Crippen LogP contribution in [0, 0.1) is 0 Å². The molecule has 172 valence electrons. The van der Waals surface area contributed by atoms with Gasteiger partial charge in [0.25, 0.3) is 0 Å². The number of aromatic nitrogens is 1. The molecule has 1 N–H and O–H groups in total. The minimum atomic E-state index is -0.842. The number of ether oxygens (including phenoxy) is 4. The summed E-state index contributed by atoms with van der Waals surface area (Å²) in [5.41, 5.74) is 3.07. The number of carbonyl (C=O) groups is 2. The van der Waals surface area contributed by atoms with Crippen molar-refractivity contribution in [1.82, 2.24) is 10.3 Å². The van der Waals surface area contributed by atoms with Crippen molar-refractivity contribution in [3.05, 3.63) is 89.1 Å². The van der Waals surface area contributed by atoms with Crippen LogP contribution in [0.25, 0.3) is 10.9 Å². The Morgan fingerprint density at radius 3 is 2.76 bits per heavy atom. The number of fused-ring (bicyclic) bond motifs is 1. The lowest BCUT2D eigenvalue weighted by Gasteiger charge is -2.28. The molecule has 2 aliphatic heterocycles.